The third-order valence-corrected chi connectivity index (χ3v) is 7.32. The van der Waals surface area contributed by atoms with Gasteiger partial charge in [0.25, 0.3) is 5.91 Å². The summed E-state index contributed by atoms with van der Waals surface area (Å²) in [6.45, 7) is 4.05. The van der Waals surface area contributed by atoms with Crippen molar-refractivity contribution in [2.75, 3.05) is 36.4 Å². The molecule has 2 atom stereocenters. The van der Waals surface area contributed by atoms with E-state index in [1.807, 2.05) is 11.0 Å². The van der Waals surface area contributed by atoms with Crippen molar-refractivity contribution in [1.82, 2.24) is 14.9 Å². The number of carbonyl (C=O) groups is 1. The predicted molar refractivity (Wildman–Crippen MR) is 145 cm³/mol. The third kappa shape index (κ3) is 6.09. The van der Waals surface area contributed by atoms with Gasteiger partial charge in [0.15, 0.2) is 0 Å². The van der Waals surface area contributed by atoms with E-state index in [0.29, 0.717) is 36.5 Å². The molecule has 8 nitrogen and oxygen atoms in total. The van der Waals surface area contributed by atoms with Gasteiger partial charge in [-0.15, -0.1) is 0 Å². The fourth-order valence-electron chi connectivity index (χ4n) is 5.20. The first-order chi connectivity index (χ1) is 18.5. The summed E-state index contributed by atoms with van der Waals surface area (Å²) < 4.78 is 15.3. The van der Waals surface area contributed by atoms with Crippen LogP contribution in [0.4, 0.5) is 15.9 Å². The highest BCUT2D eigenvalue weighted by Gasteiger charge is 2.30. The molecular formula is C29H32FN7O. The van der Waals surface area contributed by atoms with Crippen LogP contribution in [0.1, 0.15) is 52.0 Å². The quantitative estimate of drug-likeness (QED) is 0.473. The first-order valence-corrected chi connectivity index (χ1v) is 13.1. The molecule has 3 N–H and O–H groups in total. The summed E-state index contributed by atoms with van der Waals surface area (Å²) >= 11 is 0. The summed E-state index contributed by atoms with van der Waals surface area (Å²) in [7, 11) is 0. The number of likely N-dealkylation sites (tertiary alicyclic amines) is 1. The molecule has 2 aliphatic heterocycles. The normalized spacial score (nSPS) is 19.7. The average Bonchev–Trinajstić information content (AvgIpc) is 3.44. The van der Waals surface area contributed by atoms with Crippen molar-refractivity contribution in [2.24, 2.45) is 5.73 Å². The van der Waals surface area contributed by atoms with Crippen molar-refractivity contribution in [3.8, 4) is 6.07 Å². The number of amides is 1. The number of rotatable bonds is 8. The molecule has 0 spiro atoms. The second-order valence-electron chi connectivity index (χ2n) is 10.1. The van der Waals surface area contributed by atoms with Crippen LogP contribution in [0, 0.1) is 11.3 Å². The van der Waals surface area contributed by atoms with Gasteiger partial charge in [-0.2, -0.15) is 5.26 Å². The molecule has 38 heavy (non-hydrogen) atoms. The summed E-state index contributed by atoms with van der Waals surface area (Å²) in [5.74, 6) is 0.0352. The van der Waals surface area contributed by atoms with Gasteiger partial charge in [-0.05, 0) is 61.7 Å². The van der Waals surface area contributed by atoms with Gasteiger partial charge in [0.2, 0.25) is 0 Å². The van der Waals surface area contributed by atoms with E-state index in [-0.39, 0.29) is 12.1 Å². The zero-order chi connectivity index (χ0) is 26.5. The van der Waals surface area contributed by atoms with Crippen LogP contribution in [0.5, 0.6) is 0 Å². The van der Waals surface area contributed by atoms with E-state index in [4.69, 9.17) is 11.0 Å². The SMILES string of the molecule is N#Cc1ccc(N2CC[C@@H](Nc3cc(Cc4ccc(CN5CCCC5)cc4)ncc3C(N)=O)[C@@H](F)C2)nc1. The number of halogens is 1. The summed E-state index contributed by atoms with van der Waals surface area (Å²) in [5.41, 5.74) is 10.0. The number of nitrogens with zero attached hydrogens (tertiary/aromatic N) is 5. The molecule has 0 aliphatic carbocycles. The number of nitrogens with two attached hydrogens (primary N) is 1. The molecule has 0 bridgehead atoms. The number of piperidine rings is 1. The summed E-state index contributed by atoms with van der Waals surface area (Å²) in [5, 5.41) is 12.2. The Morgan fingerprint density at radius 2 is 1.84 bits per heavy atom. The Hall–Kier alpha value is -4.03. The largest absolute Gasteiger partial charge is 0.378 e. The average molecular weight is 514 g/mol. The zero-order valence-electron chi connectivity index (χ0n) is 21.3. The topological polar surface area (TPSA) is 111 Å². The second kappa shape index (κ2) is 11.6. The van der Waals surface area contributed by atoms with Gasteiger partial charge in [-0.25, -0.2) is 9.37 Å². The van der Waals surface area contributed by atoms with Crippen LogP contribution < -0.4 is 16.0 Å². The Bertz CT molecular complexity index is 1300. The number of benzene rings is 1. The minimum Gasteiger partial charge on any atom is -0.378 e. The lowest BCUT2D eigenvalue weighted by Crippen LogP contribution is -2.48. The number of carbonyl (C=O) groups excluding carboxylic acids is 1. The van der Waals surface area contributed by atoms with E-state index in [0.717, 1.165) is 17.8 Å². The first kappa shape index (κ1) is 25.6. The number of alkyl halides is 1. The molecule has 4 heterocycles. The Morgan fingerprint density at radius 1 is 1.08 bits per heavy atom. The molecule has 2 aromatic heterocycles. The van der Waals surface area contributed by atoms with E-state index < -0.39 is 18.1 Å². The molecule has 0 radical (unpaired) electrons. The van der Waals surface area contributed by atoms with Crippen LogP contribution in [0.25, 0.3) is 0 Å². The molecular weight excluding hydrogens is 481 g/mol. The molecule has 196 valence electrons. The van der Waals surface area contributed by atoms with Gasteiger partial charge in [0, 0.05) is 37.6 Å². The third-order valence-electron chi connectivity index (χ3n) is 7.32. The Kier molecular flexibility index (Phi) is 7.80. The van der Waals surface area contributed by atoms with Gasteiger partial charge in [0.1, 0.15) is 18.1 Å². The van der Waals surface area contributed by atoms with Crippen LogP contribution >= 0.6 is 0 Å². The highest BCUT2D eigenvalue weighted by atomic mass is 19.1. The monoisotopic (exact) mass is 513 g/mol. The standard InChI is InChI=1S/C29H32FN7O/c30-25-19-37(28-8-7-22(15-31)16-34-28)12-9-26(25)35-27-14-23(33-17-24(27)29(32)38)13-20-3-5-21(6-4-20)18-36-10-1-2-11-36/h3-8,14,16-17,25-26H,1-2,9-13,18-19H2,(H2,32,38)(H,33,35)/t25-,26+/m0/s1. The fourth-order valence-corrected chi connectivity index (χ4v) is 5.20. The zero-order valence-corrected chi connectivity index (χ0v) is 21.3. The van der Waals surface area contributed by atoms with Crippen LogP contribution in [-0.4, -0.2) is 59.2 Å². The molecule has 0 saturated carbocycles. The number of anilines is 2. The molecule has 1 amide bonds. The minimum atomic E-state index is -1.19. The molecule has 3 aromatic rings. The molecule has 2 fully saturated rings. The van der Waals surface area contributed by atoms with Crippen molar-refractivity contribution in [1.29, 1.82) is 5.26 Å². The molecule has 0 unspecified atom stereocenters. The smallest absolute Gasteiger partial charge is 0.252 e. The number of hydrogen-bond donors (Lipinski definition) is 2. The Balaban J connectivity index is 1.25. The maximum Gasteiger partial charge on any atom is 0.252 e. The lowest BCUT2D eigenvalue weighted by atomic mass is 10.0. The number of primary amides is 1. The number of nitrogens with one attached hydrogen (secondary N) is 1. The second-order valence-corrected chi connectivity index (χ2v) is 10.1. The van der Waals surface area contributed by atoms with Gasteiger partial charge in [-0.3, -0.25) is 14.7 Å². The maximum atomic E-state index is 15.3. The fraction of sp³-hybridized carbons (Fsp3) is 0.379. The summed E-state index contributed by atoms with van der Waals surface area (Å²) in [6.07, 6.45) is 5.44. The van der Waals surface area contributed by atoms with Crippen molar-refractivity contribution in [3.05, 3.63) is 82.8 Å². The Labute approximate surface area is 222 Å². The number of nitriles is 1. The molecule has 5 rings (SSSR count). The van der Waals surface area contributed by atoms with Crippen LogP contribution in [0.2, 0.25) is 0 Å². The van der Waals surface area contributed by atoms with E-state index in [1.54, 1.807) is 18.2 Å². The first-order valence-electron chi connectivity index (χ1n) is 13.1. The van der Waals surface area contributed by atoms with Crippen LogP contribution in [-0.2, 0) is 13.0 Å². The van der Waals surface area contributed by atoms with Crippen molar-refractivity contribution in [3.63, 3.8) is 0 Å². The van der Waals surface area contributed by atoms with E-state index in [9.17, 15) is 4.79 Å². The molecule has 1 aromatic carbocycles. The van der Waals surface area contributed by atoms with Gasteiger partial charge < -0.3 is 16.0 Å². The highest BCUT2D eigenvalue weighted by molar-refractivity contribution is 5.98. The van der Waals surface area contributed by atoms with Crippen molar-refractivity contribution in [2.45, 2.75) is 44.4 Å². The summed E-state index contributed by atoms with van der Waals surface area (Å²) in [4.78, 5) is 25.2. The van der Waals surface area contributed by atoms with Crippen LogP contribution in [0.15, 0.2) is 54.9 Å². The van der Waals surface area contributed by atoms with Crippen LogP contribution in [0.3, 0.4) is 0 Å². The lowest BCUT2D eigenvalue weighted by molar-refractivity contribution is 0.100. The summed E-state index contributed by atoms with van der Waals surface area (Å²) in [6, 6.07) is 15.3. The van der Waals surface area contributed by atoms with E-state index >= 15 is 4.39 Å². The maximum absolute atomic E-state index is 15.3. The number of hydrogen-bond acceptors (Lipinski definition) is 7. The van der Waals surface area contributed by atoms with Gasteiger partial charge in [-0.1, -0.05) is 24.3 Å². The van der Waals surface area contributed by atoms with E-state index in [2.05, 4.69) is 44.5 Å². The predicted octanol–water partition coefficient (Wildman–Crippen LogP) is 3.66. The molecule has 2 saturated heterocycles. The van der Waals surface area contributed by atoms with E-state index in [1.165, 1.54) is 43.9 Å². The van der Waals surface area contributed by atoms with Gasteiger partial charge >= 0.3 is 0 Å². The lowest BCUT2D eigenvalue weighted by Gasteiger charge is -2.36. The molecule has 9 heteroatoms. The van der Waals surface area contributed by atoms with Crippen molar-refractivity contribution < 1.29 is 9.18 Å². The minimum absolute atomic E-state index is 0.157. The number of pyridine rings is 2. The van der Waals surface area contributed by atoms with Crippen molar-refractivity contribution >= 4 is 17.4 Å². The number of aromatic nitrogens is 2. The highest BCUT2D eigenvalue weighted by Crippen LogP contribution is 2.26. The Morgan fingerprint density at radius 3 is 2.50 bits per heavy atom. The van der Waals surface area contributed by atoms with Gasteiger partial charge in [0.05, 0.1) is 29.4 Å². The molecule has 2 aliphatic rings.